The lowest BCUT2D eigenvalue weighted by Crippen LogP contribution is -1.91. The molecule has 0 bridgehead atoms. The summed E-state index contributed by atoms with van der Waals surface area (Å²) < 4.78 is 5.22. The van der Waals surface area contributed by atoms with Crippen molar-refractivity contribution in [1.29, 1.82) is 0 Å². The molecule has 2 aromatic rings. The van der Waals surface area contributed by atoms with Gasteiger partial charge in [0.15, 0.2) is 0 Å². The predicted molar refractivity (Wildman–Crippen MR) is 91.4 cm³/mol. The summed E-state index contributed by atoms with van der Waals surface area (Å²) in [5, 5.41) is 0. The van der Waals surface area contributed by atoms with Gasteiger partial charge in [0, 0.05) is 6.61 Å². The van der Waals surface area contributed by atoms with E-state index in [1.165, 1.54) is 24.0 Å². The molecule has 0 amide bonds. The largest absolute Gasteiger partial charge is 0.377 e. The highest BCUT2D eigenvalue weighted by molar-refractivity contribution is 5.14. The van der Waals surface area contributed by atoms with Crippen molar-refractivity contribution in [2.45, 2.75) is 40.2 Å². The van der Waals surface area contributed by atoms with Gasteiger partial charge in [0.05, 0.1) is 6.61 Å². The van der Waals surface area contributed by atoms with Crippen molar-refractivity contribution in [1.82, 2.24) is 0 Å². The highest BCUT2D eigenvalue weighted by Gasteiger charge is 1.94. The lowest BCUT2D eigenvalue weighted by atomic mass is 10.0. The number of benzene rings is 2. The molecule has 0 spiro atoms. The molecule has 0 saturated heterocycles. The minimum atomic E-state index is 0.733. The van der Waals surface area contributed by atoms with E-state index >= 15 is 0 Å². The van der Waals surface area contributed by atoms with E-state index in [0.29, 0.717) is 0 Å². The summed E-state index contributed by atoms with van der Waals surface area (Å²) in [6.45, 7) is 8.06. The van der Waals surface area contributed by atoms with Gasteiger partial charge in [0.1, 0.15) is 0 Å². The van der Waals surface area contributed by atoms with E-state index in [2.05, 4.69) is 56.3 Å². The second kappa shape index (κ2) is 11.1. The second-order valence-electron chi connectivity index (χ2n) is 5.54. The highest BCUT2D eigenvalue weighted by Crippen LogP contribution is 2.07. The van der Waals surface area contributed by atoms with E-state index < -0.39 is 0 Å². The average molecular weight is 284 g/mol. The normalized spacial score (nSPS) is 10.1. The van der Waals surface area contributed by atoms with E-state index in [4.69, 9.17) is 4.74 Å². The van der Waals surface area contributed by atoms with Gasteiger partial charge in [-0.15, -0.1) is 0 Å². The maximum absolute atomic E-state index is 5.22. The smallest absolute Gasteiger partial charge is 0.0716 e. The molecule has 0 aliphatic rings. The number of aryl methyl sites for hydroxylation is 1. The van der Waals surface area contributed by atoms with Crippen LogP contribution in [0.1, 0.15) is 38.3 Å². The van der Waals surface area contributed by atoms with Crippen molar-refractivity contribution in [2.24, 2.45) is 5.92 Å². The Hall–Kier alpha value is -1.60. The molecule has 0 atom stereocenters. The van der Waals surface area contributed by atoms with Gasteiger partial charge in [-0.2, -0.15) is 0 Å². The SMILES string of the molecule is CC(C)CCc1ccccc1.CCOCc1ccccc1. The highest BCUT2D eigenvalue weighted by atomic mass is 16.5. The van der Waals surface area contributed by atoms with Crippen LogP contribution >= 0.6 is 0 Å². The fourth-order valence-electron chi connectivity index (χ4n) is 1.89. The lowest BCUT2D eigenvalue weighted by molar-refractivity contribution is 0.134. The van der Waals surface area contributed by atoms with Crippen LogP contribution in [-0.2, 0) is 17.8 Å². The third-order valence-electron chi connectivity index (χ3n) is 3.17. The molecular formula is C20H28O. The van der Waals surface area contributed by atoms with Crippen molar-refractivity contribution in [2.75, 3.05) is 6.61 Å². The molecule has 114 valence electrons. The molecule has 0 aliphatic heterocycles. The zero-order valence-electron chi connectivity index (χ0n) is 13.6. The fraction of sp³-hybridized carbons (Fsp3) is 0.400. The van der Waals surface area contributed by atoms with Crippen molar-refractivity contribution in [3.05, 3.63) is 71.8 Å². The van der Waals surface area contributed by atoms with Gasteiger partial charge in [-0.05, 0) is 36.8 Å². The Labute approximate surface area is 130 Å². The molecule has 0 saturated carbocycles. The van der Waals surface area contributed by atoms with Crippen molar-refractivity contribution < 1.29 is 4.74 Å². The van der Waals surface area contributed by atoms with Gasteiger partial charge < -0.3 is 4.74 Å². The molecule has 1 heteroatoms. The van der Waals surface area contributed by atoms with Crippen molar-refractivity contribution >= 4 is 0 Å². The molecule has 0 aliphatic carbocycles. The maximum atomic E-state index is 5.22. The van der Waals surface area contributed by atoms with Crippen LogP contribution in [0.4, 0.5) is 0 Å². The molecule has 1 nitrogen and oxygen atoms in total. The number of hydrogen-bond acceptors (Lipinski definition) is 1. The Morgan fingerprint density at radius 1 is 0.810 bits per heavy atom. The molecule has 0 unspecified atom stereocenters. The Bertz CT molecular complexity index is 448. The fourth-order valence-corrected chi connectivity index (χ4v) is 1.89. The van der Waals surface area contributed by atoms with Crippen LogP contribution in [0.15, 0.2) is 60.7 Å². The lowest BCUT2D eigenvalue weighted by Gasteiger charge is -2.03. The third kappa shape index (κ3) is 9.04. The topological polar surface area (TPSA) is 9.23 Å². The van der Waals surface area contributed by atoms with Gasteiger partial charge in [-0.3, -0.25) is 0 Å². The van der Waals surface area contributed by atoms with E-state index in [9.17, 15) is 0 Å². The maximum Gasteiger partial charge on any atom is 0.0716 e. The molecule has 2 rings (SSSR count). The Morgan fingerprint density at radius 2 is 1.33 bits per heavy atom. The summed E-state index contributed by atoms with van der Waals surface area (Å²) in [5.74, 6) is 0.815. The van der Waals surface area contributed by atoms with Gasteiger partial charge in [-0.1, -0.05) is 74.5 Å². The van der Waals surface area contributed by atoms with Gasteiger partial charge >= 0.3 is 0 Å². The van der Waals surface area contributed by atoms with Crippen LogP contribution in [0.25, 0.3) is 0 Å². The Kier molecular flexibility index (Phi) is 9.23. The number of ether oxygens (including phenoxy) is 1. The first-order chi connectivity index (χ1) is 10.2. The van der Waals surface area contributed by atoms with Crippen LogP contribution in [0.3, 0.4) is 0 Å². The monoisotopic (exact) mass is 284 g/mol. The predicted octanol–water partition coefficient (Wildman–Crippen LogP) is 5.50. The summed E-state index contributed by atoms with van der Waals surface area (Å²) in [7, 11) is 0. The number of rotatable bonds is 6. The third-order valence-corrected chi connectivity index (χ3v) is 3.17. The zero-order valence-corrected chi connectivity index (χ0v) is 13.6. The first-order valence-electron chi connectivity index (χ1n) is 7.88. The van der Waals surface area contributed by atoms with Gasteiger partial charge in [0.2, 0.25) is 0 Å². The van der Waals surface area contributed by atoms with Crippen LogP contribution in [0.5, 0.6) is 0 Å². The summed E-state index contributed by atoms with van der Waals surface area (Å²) in [5.41, 5.74) is 2.70. The van der Waals surface area contributed by atoms with Crippen LogP contribution < -0.4 is 0 Å². The van der Waals surface area contributed by atoms with E-state index in [0.717, 1.165) is 19.1 Å². The minimum Gasteiger partial charge on any atom is -0.377 e. The quantitative estimate of drug-likeness (QED) is 0.680. The van der Waals surface area contributed by atoms with Crippen LogP contribution in [-0.4, -0.2) is 6.61 Å². The minimum absolute atomic E-state index is 0.733. The molecule has 0 aromatic heterocycles. The molecule has 0 heterocycles. The van der Waals surface area contributed by atoms with Gasteiger partial charge in [-0.25, -0.2) is 0 Å². The average Bonchev–Trinajstić information content (AvgIpc) is 2.53. The standard InChI is InChI=1S/C11H16.C9H12O/c1-10(2)8-9-11-6-4-3-5-7-11;1-2-10-8-9-6-4-3-5-7-9/h3-7,10H,8-9H2,1-2H3;3-7H,2,8H2,1H3. The molecular weight excluding hydrogens is 256 g/mol. The summed E-state index contributed by atoms with van der Waals surface area (Å²) in [6.07, 6.45) is 2.52. The first-order valence-corrected chi connectivity index (χ1v) is 7.88. The number of hydrogen-bond donors (Lipinski definition) is 0. The molecule has 0 N–H and O–H groups in total. The molecule has 0 fully saturated rings. The van der Waals surface area contributed by atoms with E-state index in [1.807, 2.05) is 25.1 Å². The second-order valence-corrected chi connectivity index (χ2v) is 5.54. The molecule has 2 aromatic carbocycles. The Morgan fingerprint density at radius 3 is 1.81 bits per heavy atom. The molecule has 21 heavy (non-hydrogen) atoms. The van der Waals surface area contributed by atoms with E-state index in [1.54, 1.807) is 0 Å². The summed E-state index contributed by atoms with van der Waals surface area (Å²) >= 11 is 0. The first kappa shape index (κ1) is 17.5. The summed E-state index contributed by atoms with van der Waals surface area (Å²) in [4.78, 5) is 0. The van der Waals surface area contributed by atoms with E-state index in [-0.39, 0.29) is 0 Å². The zero-order chi connectivity index (χ0) is 15.3. The van der Waals surface area contributed by atoms with Crippen molar-refractivity contribution in [3.63, 3.8) is 0 Å². The van der Waals surface area contributed by atoms with Crippen molar-refractivity contribution in [3.8, 4) is 0 Å². The van der Waals surface area contributed by atoms with Crippen LogP contribution in [0.2, 0.25) is 0 Å². The molecule has 0 radical (unpaired) electrons. The summed E-state index contributed by atoms with van der Waals surface area (Å²) in [6, 6.07) is 20.9. The van der Waals surface area contributed by atoms with Crippen LogP contribution in [0, 0.1) is 5.92 Å². The van der Waals surface area contributed by atoms with Gasteiger partial charge in [0.25, 0.3) is 0 Å². The Balaban J connectivity index is 0.000000211.